The third-order valence-corrected chi connectivity index (χ3v) is 2.91. The van der Waals surface area contributed by atoms with Crippen LogP contribution < -0.4 is 4.90 Å². The smallest absolute Gasteiger partial charge is 0.296 e. The summed E-state index contributed by atoms with van der Waals surface area (Å²) in [5.41, 5.74) is -0.320. The maximum Gasteiger partial charge on any atom is 0.296 e. The second kappa shape index (κ2) is 4.25. The summed E-state index contributed by atoms with van der Waals surface area (Å²) in [6, 6.07) is 3.95. The summed E-state index contributed by atoms with van der Waals surface area (Å²) in [5, 5.41) is 20.4. The van der Waals surface area contributed by atoms with Crippen LogP contribution in [-0.4, -0.2) is 27.7 Å². The van der Waals surface area contributed by atoms with Gasteiger partial charge in [-0.2, -0.15) is 12.6 Å². The zero-order chi connectivity index (χ0) is 12.6. The molecule has 1 unspecified atom stereocenters. The number of benzene rings is 1. The van der Waals surface area contributed by atoms with E-state index >= 15 is 0 Å². The lowest BCUT2D eigenvalue weighted by Gasteiger charge is -2.17. The number of phenolic OH excluding ortho intramolecular Hbond substituents is 1. The average molecular weight is 254 g/mol. The van der Waals surface area contributed by atoms with Crippen molar-refractivity contribution in [2.75, 3.05) is 11.4 Å². The third kappa shape index (κ3) is 2.05. The number of amides is 1. The first-order valence-electron chi connectivity index (χ1n) is 4.95. The summed E-state index contributed by atoms with van der Waals surface area (Å²) < 4.78 is 0. The molecule has 1 aliphatic heterocycles. The summed E-state index contributed by atoms with van der Waals surface area (Å²) in [5.74, 6) is -0.537. The predicted octanol–water partition coefficient (Wildman–Crippen LogP) is 1.34. The van der Waals surface area contributed by atoms with Crippen LogP contribution in [0, 0.1) is 10.1 Å². The minimum atomic E-state index is -0.617. The van der Waals surface area contributed by atoms with Crippen molar-refractivity contribution in [2.45, 2.75) is 11.7 Å². The molecular weight excluding hydrogens is 244 g/mol. The van der Waals surface area contributed by atoms with E-state index in [9.17, 15) is 20.0 Å². The number of rotatable bonds is 2. The molecule has 1 heterocycles. The van der Waals surface area contributed by atoms with E-state index in [4.69, 9.17) is 0 Å². The normalized spacial score (nSPS) is 19.7. The molecule has 1 aliphatic rings. The van der Waals surface area contributed by atoms with Gasteiger partial charge in [-0.05, 0) is 6.07 Å². The highest BCUT2D eigenvalue weighted by Crippen LogP contribution is 2.39. The van der Waals surface area contributed by atoms with Gasteiger partial charge in [0.05, 0.1) is 4.92 Å². The lowest BCUT2D eigenvalue weighted by atomic mass is 10.2. The quantitative estimate of drug-likeness (QED) is 0.474. The highest BCUT2D eigenvalue weighted by atomic mass is 32.1. The van der Waals surface area contributed by atoms with Crippen LogP contribution in [0.3, 0.4) is 0 Å². The van der Waals surface area contributed by atoms with Crippen molar-refractivity contribution in [3.63, 3.8) is 0 Å². The van der Waals surface area contributed by atoms with Crippen LogP contribution in [0.1, 0.15) is 6.42 Å². The molecule has 1 amide bonds. The molecule has 6 nitrogen and oxygen atoms in total. The van der Waals surface area contributed by atoms with E-state index in [0.29, 0.717) is 0 Å². The second-order valence-electron chi connectivity index (χ2n) is 3.76. The molecule has 2 rings (SSSR count). The molecule has 1 aromatic rings. The van der Waals surface area contributed by atoms with Crippen LogP contribution in [0.25, 0.3) is 0 Å². The Labute approximate surface area is 102 Å². The number of nitro benzene ring substituents is 1. The van der Waals surface area contributed by atoms with Crippen LogP contribution in [-0.2, 0) is 4.79 Å². The molecule has 0 saturated carbocycles. The number of hydrogen-bond acceptors (Lipinski definition) is 5. The van der Waals surface area contributed by atoms with E-state index in [2.05, 4.69) is 12.6 Å². The predicted molar refractivity (Wildman–Crippen MR) is 64.5 cm³/mol. The Morgan fingerprint density at radius 3 is 2.76 bits per heavy atom. The Morgan fingerprint density at radius 1 is 1.53 bits per heavy atom. The van der Waals surface area contributed by atoms with Gasteiger partial charge in [-0.3, -0.25) is 14.9 Å². The van der Waals surface area contributed by atoms with Gasteiger partial charge in [0.1, 0.15) is 5.75 Å². The number of phenols is 1. The first-order valence-corrected chi connectivity index (χ1v) is 5.47. The van der Waals surface area contributed by atoms with Crippen molar-refractivity contribution < 1.29 is 14.8 Å². The summed E-state index contributed by atoms with van der Waals surface area (Å²) in [6.45, 7) is 0.264. The maximum atomic E-state index is 11.7. The zero-order valence-electron chi connectivity index (χ0n) is 8.74. The van der Waals surface area contributed by atoms with Crippen LogP contribution >= 0.6 is 12.6 Å². The van der Waals surface area contributed by atoms with Crippen molar-refractivity contribution in [1.29, 1.82) is 0 Å². The monoisotopic (exact) mass is 254 g/mol. The van der Waals surface area contributed by atoms with Gasteiger partial charge < -0.3 is 10.0 Å². The number of nitro groups is 1. The molecule has 90 valence electrons. The fourth-order valence-electron chi connectivity index (χ4n) is 1.85. The molecule has 0 aliphatic carbocycles. The van der Waals surface area contributed by atoms with Crippen LogP contribution in [0.4, 0.5) is 11.4 Å². The Bertz CT molecular complexity index is 491. The first kappa shape index (κ1) is 11.7. The lowest BCUT2D eigenvalue weighted by molar-refractivity contribution is -0.384. The molecular formula is C10H10N2O4S. The van der Waals surface area contributed by atoms with E-state index in [1.807, 2.05) is 0 Å². The molecule has 0 aromatic heterocycles. The number of para-hydroxylation sites is 1. The molecule has 1 N–H and O–H groups in total. The van der Waals surface area contributed by atoms with Crippen molar-refractivity contribution in [3.05, 3.63) is 28.3 Å². The third-order valence-electron chi connectivity index (χ3n) is 2.56. The number of thiol groups is 1. The summed E-state index contributed by atoms with van der Waals surface area (Å²) in [6.07, 6.45) is 0.217. The van der Waals surface area contributed by atoms with Gasteiger partial charge in [-0.15, -0.1) is 0 Å². The van der Waals surface area contributed by atoms with Gasteiger partial charge in [0, 0.05) is 24.3 Å². The Balaban J connectivity index is 2.51. The van der Waals surface area contributed by atoms with Gasteiger partial charge in [-0.1, -0.05) is 6.07 Å². The SMILES string of the molecule is O=C1CC(S)CN1c1c(O)cccc1[N+](=O)[O-]. The number of hydrogen-bond donors (Lipinski definition) is 2. The standard InChI is InChI=1S/C10H10N2O4S/c13-8-3-1-2-7(12(15)16)10(8)11-5-6(17)4-9(11)14/h1-3,6,13,17H,4-5H2. The maximum absolute atomic E-state index is 11.7. The molecule has 7 heteroatoms. The van der Waals surface area contributed by atoms with E-state index in [0.717, 1.165) is 0 Å². The van der Waals surface area contributed by atoms with Crippen molar-refractivity contribution in [3.8, 4) is 5.75 Å². The molecule has 1 atom stereocenters. The van der Waals surface area contributed by atoms with Crippen LogP contribution in [0.15, 0.2) is 18.2 Å². The van der Waals surface area contributed by atoms with E-state index in [-0.39, 0.29) is 41.2 Å². The zero-order valence-corrected chi connectivity index (χ0v) is 9.63. The lowest BCUT2D eigenvalue weighted by Crippen LogP contribution is -2.25. The van der Waals surface area contributed by atoms with E-state index in [1.165, 1.54) is 23.1 Å². The number of carbonyl (C=O) groups excluding carboxylic acids is 1. The molecule has 17 heavy (non-hydrogen) atoms. The Kier molecular flexibility index (Phi) is 2.93. The molecule has 0 spiro atoms. The topological polar surface area (TPSA) is 83.7 Å². The van der Waals surface area contributed by atoms with Gasteiger partial charge in [0.15, 0.2) is 5.69 Å². The van der Waals surface area contributed by atoms with Crippen molar-refractivity contribution in [2.24, 2.45) is 0 Å². The average Bonchev–Trinajstić information content (AvgIpc) is 2.57. The minimum absolute atomic E-state index is 0.0425. The summed E-state index contributed by atoms with van der Waals surface area (Å²) in [7, 11) is 0. The van der Waals surface area contributed by atoms with E-state index < -0.39 is 4.92 Å². The Morgan fingerprint density at radius 2 is 2.24 bits per heavy atom. The van der Waals surface area contributed by atoms with Crippen LogP contribution in [0.2, 0.25) is 0 Å². The van der Waals surface area contributed by atoms with Crippen molar-refractivity contribution in [1.82, 2.24) is 0 Å². The van der Waals surface area contributed by atoms with Gasteiger partial charge in [0.25, 0.3) is 5.69 Å². The summed E-state index contributed by atoms with van der Waals surface area (Å²) in [4.78, 5) is 23.1. The molecule has 1 saturated heterocycles. The highest BCUT2D eigenvalue weighted by Gasteiger charge is 2.34. The first-order chi connectivity index (χ1) is 8.00. The highest BCUT2D eigenvalue weighted by molar-refractivity contribution is 7.81. The van der Waals surface area contributed by atoms with Gasteiger partial charge in [-0.25, -0.2) is 0 Å². The van der Waals surface area contributed by atoms with Gasteiger partial charge in [0.2, 0.25) is 5.91 Å². The van der Waals surface area contributed by atoms with Crippen molar-refractivity contribution >= 4 is 29.9 Å². The number of carbonyl (C=O) groups is 1. The largest absolute Gasteiger partial charge is 0.505 e. The molecule has 0 bridgehead atoms. The van der Waals surface area contributed by atoms with E-state index in [1.54, 1.807) is 0 Å². The number of aromatic hydroxyl groups is 1. The number of nitrogens with zero attached hydrogens (tertiary/aromatic N) is 2. The molecule has 1 fully saturated rings. The molecule has 1 aromatic carbocycles. The minimum Gasteiger partial charge on any atom is -0.505 e. The van der Waals surface area contributed by atoms with Crippen LogP contribution in [0.5, 0.6) is 5.75 Å². The Hall–Kier alpha value is -1.76. The summed E-state index contributed by atoms with van der Waals surface area (Å²) >= 11 is 4.17. The fraction of sp³-hybridized carbons (Fsp3) is 0.300. The van der Waals surface area contributed by atoms with Gasteiger partial charge >= 0.3 is 0 Å². The molecule has 0 radical (unpaired) electrons. The number of anilines is 1. The fourth-order valence-corrected chi connectivity index (χ4v) is 2.17. The second-order valence-corrected chi connectivity index (χ2v) is 4.49.